The van der Waals surface area contributed by atoms with E-state index in [9.17, 15) is 4.79 Å². The van der Waals surface area contributed by atoms with Gasteiger partial charge in [-0.15, -0.1) is 0 Å². The second-order valence-corrected chi connectivity index (χ2v) is 3.55. The van der Waals surface area contributed by atoms with E-state index in [0.29, 0.717) is 6.54 Å². The maximum absolute atomic E-state index is 10.6. The number of aromatic nitrogens is 1. The molecule has 1 atom stereocenters. The first-order valence-electron chi connectivity index (χ1n) is 4.64. The minimum absolute atomic E-state index is 0.379. The third-order valence-electron chi connectivity index (χ3n) is 2.25. The van der Waals surface area contributed by atoms with E-state index in [2.05, 4.69) is 5.43 Å². The zero-order valence-electron chi connectivity index (χ0n) is 8.74. The molecule has 0 spiro atoms. The van der Waals surface area contributed by atoms with Gasteiger partial charge in [-0.05, 0) is 26.0 Å². The molecule has 1 unspecified atom stereocenters. The van der Waals surface area contributed by atoms with Gasteiger partial charge < -0.3 is 10.5 Å². The van der Waals surface area contributed by atoms with Crippen molar-refractivity contribution >= 4 is 5.97 Å². The zero-order valence-corrected chi connectivity index (χ0v) is 8.74. The molecule has 1 aromatic heterocycles. The molecule has 0 radical (unpaired) electrons. The van der Waals surface area contributed by atoms with Crippen LogP contribution in [0.5, 0.6) is 0 Å². The summed E-state index contributed by atoms with van der Waals surface area (Å²) in [6.07, 6.45) is 0. The van der Waals surface area contributed by atoms with Crippen molar-refractivity contribution in [2.45, 2.75) is 20.8 Å². The third kappa shape index (κ3) is 2.28. The summed E-state index contributed by atoms with van der Waals surface area (Å²) in [6, 6.07) is 3.99. The van der Waals surface area contributed by atoms with E-state index < -0.39 is 5.97 Å². The second kappa shape index (κ2) is 4.17. The van der Waals surface area contributed by atoms with Gasteiger partial charge in [0, 0.05) is 17.9 Å². The number of rotatable bonds is 4. The van der Waals surface area contributed by atoms with Gasteiger partial charge in [-0.3, -0.25) is 9.47 Å². The van der Waals surface area contributed by atoms with Crippen LogP contribution in [0.2, 0.25) is 0 Å². The van der Waals surface area contributed by atoms with Crippen LogP contribution in [0.1, 0.15) is 18.3 Å². The number of hydrogen-bond donors (Lipinski definition) is 2. The van der Waals surface area contributed by atoms with Gasteiger partial charge in [-0.25, -0.2) is 0 Å². The Kier molecular flexibility index (Phi) is 3.17. The van der Waals surface area contributed by atoms with Crippen LogP contribution in [-0.2, 0) is 4.79 Å². The average molecular weight is 196 g/mol. The lowest BCUT2D eigenvalue weighted by Gasteiger charge is -2.14. The predicted octanol–water partition coefficient (Wildman–Crippen LogP) is 1.37. The molecule has 2 N–H and O–H groups in total. The van der Waals surface area contributed by atoms with Crippen LogP contribution in [0.25, 0.3) is 0 Å². The number of hydrogen-bond acceptors (Lipinski definition) is 2. The largest absolute Gasteiger partial charge is 0.481 e. The summed E-state index contributed by atoms with van der Waals surface area (Å²) in [5, 5.41) is 8.70. The van der Waals surface area contributed by atoms with Gasteiger partial charge in [0.05, 0.1) is 5.92 Å². The molecule has 0 saturated heterocycles. The van der Waals surface area contributed by atoms with Gasteiger partial charge in [-0.1, -0.05) is 6.92 Å². The molecule has 4 nitrogen and oxygen atoms in total. The van der Waals surface area contributed by atoms with E-state index in [1.165, 1.54) is 0 Å². The van der Waals surface area contributed by atoms with Gasteiger partial charge in [0.1, 0.15) is 0 Å². The van der Waals surface area contributed by atoms with Gasteiger partial charge in [0.2, 0.25) is 0 Å². The fourth-order valence-corrected chi connectivity index (χ4v) is 1.23. The van der Waals surface area contributed by atoms with E-state index in [0.717, 1.165) is 11.4 Å². The highest BCUT2D eigenvalue weighted by atomic mass is 16.4. The van der Waals surface area contributed by atoms with Crippen molar-refractivity contribution in [3.63, 3.8) is 0 Å². The van der Waals surface area contributed by atoms with E-state index in [1.807, 2.05) is 30.7 Å². The molecule has 0 amide bonds. The average Bonchev–Trinajstić information content (AvgIpc) is 2.43. The second-order valence-electron chi connectivity index (χ2n) is 3.55. The van der Waals surface area contributed by atoms with Gasteiger partial charge >= 0.3 is 5.97 Å². The number of carboxylic acid groups (broad SMARTS) is 1. The van der Waals surface area contributed by atoms with Crippen molar-refractivity contribution in [2.75, 3.05) is 12.0 Å². The number of carboxylic acids is 1. The topological polar surface area (TPSA) is 54.3 Å². The normalized spacial score (nSPS) is 12.5. The van der Waals surface area contributed by atoms with Crippen molar-refractivity contribution in [1.82, 2.24) is 4.68 Å². The fourth-order valence-electron chi connectivity index (χ4n) is 1.23. The lowest BCUT2D eigenvalue weighted by molar-refractivity contribution is -0.140. The van der Waals surface area contributed by atoms with Crippen LogP contribution in [0.3, 0.4) is 0 Å². The Morgan fingerprint density at radius 3 is 2.43 bits per heavy atom. The highest BCUT2D eigenvalue weighted by molar-refractivity contribution is 5.69. The lowest BCUT2D eigenvalue weighted by atomic mass is 10.2. The Labute approximate surface area is 83.5 Å². The number of nitrogens with one attached hydrogen (secondary N) is 1. The van der Waals surface area contributed by atoms with Crippen LogP contribution in [0.15, 0.2) is 12.1 Å². The fraction of sp³-hybridized carbons (Fsp3) is 0.500. The van der Waals surface area contributed by atoms with Gasteiger partial charge in [0.25, 0.3) is 0 Å². The van der Waals surface area contributed by atoms with Crippen LogP contribution in [0.4, 0.5) is 0 Å². The highest BCUT2D eigenvalue weighted by Gasteiger charge is 2.10. The first-order valence-corrected chi connectivity index (χ1v) is 4.64. The maximum Gasteiger partial charge on any atom is 0.308 e. The molecule has 0 aliphatic rings. The highest BCUT2D eigenvalue weighted by Crippen LogP contribution is 2.04. The first kappa shape index (κ1) is 10.6. The maximum atomic E-state index is 10.6. The molecular weight excluding hydrogens is 180 g/mol. The van der Waals surface area contributed by atoms with Crippen LogP contribution < -0.4 is 5.43 Å². The number of carbonyl (C=O) groups is 1. The first-order chi connectivity index (χ1) is 6.52. The minimum Gasteiger partial charge on any atom is -0.481 e. The van der Waals surface area contributed by atoms with E-state index in [1.54, 1.807) is 6.92 Å². The summed E-state index contributed by atoms with van der Waals surface area (Å²) >= 11 is 0. The van der Waals surface area contributed by atoms with Crippen LogP contribution in [0, 0.1) is 19.8 Å². The van der Waals surface area contributed by atoms with E-state index >= 15 is 0 Å². The third-order valence-corrected chi connectivity index (χ3v) is 2.25. The lowest BCUT2D eigenvalue weighted by Crippen LogP contribution is -2.26. The Bertz CT molecular complexity index is 311. The van der Waals surface area contributed by atoms with Crippen molar-refractivity contribution in [3.8, 4) is 0 Å². The van der Waals surface area contributed by atoms with Crippen molar-refractivity contribution < 1.29 is 9.90 Å². The quantitative estimate of drug-likeness (QED) is 0.764. The SMILES string of the molecule is Cc1ccc(C)n1NCC(C)C(=O)O. The predicted molar refractivity (Wildman–Crippen MR) is 54.9 cm³/mol. The zero-order chi connectivity index (χ0) is 10.7. The van der Waals surface area contributed by atoms with E-state index in [-0.39, 0.29) is 5.92 Å². The van der Waals surface area contributed by atoms with Crippen molar-refractivity contribution in [1.29, 1.82) is 0 Å². The molecular formula is C10H16N2O2. The summed E-state index contributed by atoms with van der Waals surface area (Å²) in [5.74, 6) is -1.16. The Hall–Kier alpha value is -1.45. The van der Waals surface area contributed by atoms with Crippen LogP contribution in [-0.4, -0.2) is 22.3 Å². The molecule has 0 bridgehead atoms. The Morgan fingerprint density at radius 1 is 1.50 bits per heavy atom. The van der Waals surface area contributed by atoms with Gasteiger partial charge in [-0.2, -0.15) is 0 Å². The monoisotopic (exact) mass is 196 g/mol. The summed E-state index contributed by atoms with van der Waals surface area (Å²) in [6.45, 7) is 6.08. The van der Waals surface area contributed by atoms with Crippen molar-refractivity contribution in [3.05, 3.63) is 23.5 Å². The molecule has 0 aliphatic heterocycles. The number of nitrogens with zero attached hydrogens (tertiary/aromatic N) is 1. The molecule has 0 aromatic carbocycles. The van der Waals surface area contributed by atoms with Gasteiger partial charge in [0.15, 0.2) is 0 Å². The molecule has 0 aliphatic carbocycles. The minimum atomic E-state index is -0.778. The molecule has 4 heteroatoms. The number of aryl methyl sites for hydroxylation is 2. The molecule has 0 saturated carbocycles. The molecule has 1 heterocycles. The van der Waals surface area contributed by atoms with Crippen molar-refractivity contribution in [2.24, 2.45) is 5.92 Å². The number of aliphatic carboxylic acids is 1. The molecule has 1 rings (SSSR count). The molecule has 14 heavy (non-hydrogen) atoms. The summed E-state index contributed by atoms with van der Waals surface area (Å²) in [7, 11) is 0. The summed E-state index contributed by atoms with van der Waals surface area (Å²) < 4.78 is 1.90. The van der Waals surface area contributed by atoms with E-state index in [4.69, 9.17) is 5.11 Å². The summed E-state index contributed by atoms with van der Waals surface area (Å²) in [4.78, 5) is 10.6. The smallest absolute Gasteiger partial charge is 0.308 e. The Morgan fingerprint density at radius 2 is 2.00 bits per heavy atom. The molecule has 78 valence electrons. The molecule has 1 aromatic rings. The Balaban J connectivity index is 2.57. The molecule has 0 fully saturated rings. The summed E-state index contributed by atoms with van der Waals surface area (Å²) in [5.41, 5.74) is 5.24. The standard InChI is InChI=1S/C10H16N2O2/c1-7(10(13)14)6-11-12-8(2)4-5-9(12)3/h4-5,7,11H,6H2,1-3H3,(H,13,14). The van der Waals surface area contributed by atoms with Crippen LogP contribution >= 0.6 is 0 Å².